The van der Waals surface area contributed by atoms with Crippen LogP contribution in [0.15, 0.2) is 48.0 Å². The van der Waals surface area contributed by atoms with E-state index in [0.29, 0.717) is 0 Å². The van der Waals surface area contributed by atoms with E-state index in [2.05, 4.69) is 11.1 Å². The van der Waals surface area contributed by atoms with Crippen molar-refractivity contribution < 1.29 is 14.3 Å². The number of carbonyl (C=O) groups is 2. The van der Waals surface area contributed by atoms with Crippen LogP contribution in [0.4, 0.5) is 0 Å². The van der Waals surface area contributed by atoms with Gasteiger partial charge in [0.15, 0.2) is 6.61 Å². The van der Waals surface area contributed by atoms with Crippen molar-refractivity contribution in [2.24, 2.45) is 0 Å². The molecule has 0 bridgehead atoms. The zero-order valence-corrected chi connectivity index (χ0v) is 15.1. The number of hydrogen-bond acceptors (Lipinski definition) is 4. The number of aromatic amines is 1. The van der Waals surface area contributed by atoms with Gasteiger partial charge in [0.1, 0.15) is 0 Å². The van der Waals surface area contributed by atoms with Gasteiger partial charge in [0, 0.05) is 28.5 Å². The Kier molecular flexibility index (Phi) is 4.75. The lowest BCUT2D eigenvalue weighted by Gasteiger charge is -2.23. The van der Waals surface area contributed by atoms with Crippen molar-refractivity contribution >= 4 is 34.1 Å². The molecule has 1 saturated heterocycles. The molecule has 3 heterocycles. The number of carbonyl (C=O) groups excluding carboxylic acids is 2. The molecule has 1 aliphatic heterocycles. The lowest BCUT2D eigenvalue weighted by atomic mass is 10.1. The third-order valence-corrected chi connectivity index (χ3v) is 5.78. The summed E-state index contributed by atoms with van der Waals surface area (Å²) in [6.07, 6.45) is 3.93. The van der Waals surface area contributed by atoms with E-state index in [4.69, 9.17) is 4.74 Å². The number of rotatable bonds is 5. The molecule has 0 saturated carbocycles. The van der Waals surface area contributed by atoms with Gasteiger partial charge in [-0.1, -0.05) is 24.3 Å². The van der Waals surface area contributed by atoms with Crippen LogP contribution in [0.1, 0.15) is 29.3 Å². The molecule has 5 nitrogen and oxygen atoms in total. The fraction of sp³-hybridized carbons (Fsp3) is 0.300. The first kappa shape index (κ1) is 16.8. The summed E-state index contributed by atoms with van der Waals surface area (Å²) >= 11 is 1.66. The average molecular weight is 368 g/mol. The highest BCUT2D eigenvalue weighted by Crippen LogP contribution is 2.34. The molecule has 1 fully saturated rings. The number of benzene rings is 1. The summed E-state index contributed by atoms with van der Waals surface area (Å²) in [5.74, 6) is -0.497. The lowest BCUT2D eigenvalue weighted by Crippen LogP contribution is -2.34. The first-order valence-electron chi connectivity index (χ1n) is 8.76. The molecule has 26 heavy (non-hydrogen) atoms. The Morgan fingerprint density at radius 1 is 1.23 bits per heavy atom. The van der Waals surface area contributed by atoms with Crippen LogP contribution in [-0.4, -0.2) is 34.9 Å². The van der Waals surface area contributed by atoms with Crippen molar-refractivity contribution in [2.75, 3.05) is 13.2 Å². The number of aromatic nitrogens is 1. The number of H-pyrrole nitrogens is 1. The van der Waals surface area contributed by atoms with E-state index in [1.807, 2.05) is 46.8 Å². The van der Waals surface area contributed by atoms with E-state index >= 15 is 0 Å². The van der Waals surface area contributed by atoms with E-state index in [9.17, 15) is 9.59 Å². The molecule has 0 radical (unpaired) electrons. The number of hydrogen-bond donors (Lipinski definition) is 1. The second-order valence-corrected chi connectivity index (χ2v) is 7.44. The quantitative estimate of drug-likeness (QED) is 0.699. The van der Waals surface area contributed by atoms with Crippen molar-refractivity contribution in [2.45, 2.75) is 25.3 Å². The highest BCUT2D eigenvalue weighted by molar-refractivity contribution is 7.10. The molecule has 6 heteroatoms. The topological polar surface area (TPSA) is 62.4 Å². The number of nitrogens with zero attached hydrogens (tertiary/aromatic N) is 1. The lowest BCUT2D eigenvalue weighted by molar-refractivity contribution is -0.151. The fourth-order valence-electron chi connectivity index (χ4n) is 3.55. The van der Waals surface area contributed by atoms with Gasteiger partial charge >= 0.3 is 5.97 Å². The Bertz CT molecular complexity index is 916. The smallest absolute Gasteiger partial charge is 0.310 e. The minimum atomic E-state index is -0.380. The molecule has 2 aromatic heterocycles. The number of amides is 1. The minimum Gasteiger partial charge on any atom is -0.455 e. The molecule has 3 aromatic rings. The normalized spacial score (nSPS) is 16.9. The van der Waals surface area contributed by atoms with Gasteiger partial charge in [-0.25, -0.2) is 0 Å². The summed E-state index contributed by atoms with van der Waals surface area (Å²) in [6.45, 7) is 0.532. The van der Waals surface area contributed by atoms with E-state index in [1.54, 1.807) is 11.3 Å². The number of ether oxygens (including phenoxy) is 1. The molecule has 0 unspecified atom stereocenters. The summed E-state index contributed by atoms with van der Waals surface area (Å²) in [6, 6.07) is 12.0. The van der Waals surface area contributed by atoms with Gasteiger partial charge < -0.3 is 14.6 Å². The first-order valence-corrected chi connectivity index (χ1v) is 9.64. The number of nitrogens with one attached hydrogen (secondary N) is 1. The van der Waals surface area contributed by atoms with Gasteiger partial charge in [-0.15, -0.1) is 11.3 Å². The number of para-hydroxylation sites is 1. The summed E-state index contributed by atoms with van der Waals surface area (Å²) in [5.41, 5.74) is 1.87. The number of likely N-dealkylation sites (tertiary alicyclic amines) is 1. The highest BCUT2D eigenvalue weighted by Gasteiger charge is 2.30. The van der Waals surface area contributed by atoms with Crippen molar-refractivity contribution in [1.82, 2.24) is 9.88 Å². The van der Waals surface area contributed by atoms with Crippen LogP contribution < -0.4 is 0 Å². The van der Waals surface area contributed by atoms with Gasteiger partial charge in [0.05, 0.1) is 12.5 Å². The molecule has 1 amide bonds. The Morgan fingerprint density at radius 3 is 2.96 bits per heavy atom. The van der Waals surface area contributed by atoms with Crippen LogP contribution in [-0.2, 0) is 20.7 Å². The molecule has 1 aliphatic rings. The average Bonchev–Trinajstić information content (AvgIpc) is 3.39. The summed E-state index contributed by atoms with van der Waals surface area (Å²) in [7, 11) is 0. The molecule has 1 N–H and O–H groups in total. The van der Waals surface area contributed by atoms with Crippen LogP contribution in [0.2, 0.25) is 0 Å². The van der Waals surface area contributed by atoms with Crippen molar-refractivity contribution in [1.29, 1.82) is 0 Å². The Labute approximate surface area is 155 Å². The van der Waals surface area contributed by atoms with E-state index < -0.39 is 0 Å². The summed E-state index contributed by atoms with van der Waals surface area (Å²) in [5, 5.41) is 3.03. The highest BCUT2D eigenvalue weighted by atomic mass is 32.1. The van der Waals surface area contributed by atoms with E-state index in [1.165, 1.54) is 4.88 Å². The van der Waals surface area contributed by atoms with Crippen molar-refractivity contribution in [3.8, 4) is 0 Å². The fourth-order valence-corrected chi connectivity index (χ4v) is 4.43. The van der Waals surface area contributed by atoms with Crippen molar-refractivity contribution in [3.05, 3.63) is 58.4 Å². The third-order valence-electron chi connectivity index (χ3n) is 4.81. The predicted octanol–water partition coefficient (Wildman–Crippen LogP) is 3.68. The molecule has 134 valence electrons. The summed E-state index contributed by atoms with van der Waals surface area (Å²) in [4.78, 5) is 30.9. The van der Waals surface area contributed by atoms with Crippen LogP contribution in [0, 0.1) is 0 Å². The first-order chi connectivity index (χ1) is 12.7. The van der Waals surface area contributed by atoms with Gasteiger partial charge in [-0.05, 0) is 35.9 Å². The Hall–Kier alpha value is -2.60. The second kappa shape index (κ2) is 7.33. The van der Waals surface area contributed by atoms with Gasteiger partial charge in [-0.2, -0.15) is 0 Å². The monoisotopic (exact) mass is 368 g/mol. The maximum Gasteiger partial charge on any atom is 0.310 e. The largest absolute Gasteiger partial charge is 0.455 e. The minimum absolute atomic E-state index is 0.117. The molecule has 1 atom stereocenters. The van der Waals surface area contributed by atoms with Gasteiger partial charge in [0.25, 0.3) is 5.91 Å². The maximum atomic E-state index is 12.5. The molecule has 1 aromatic carbocycles. The molecular formula is C20H20N2O3S. The number of esters is 1. The number of thiophene rings is 1. The Balaban J connectivity index is 1.34. The van der Waals surface area contributed by atoms with Gasteiger partial charge in [-0.3, -0.25) is 9.59 Å². The Morgan fingerprint density at radius 2 is 2.12 bits per heavy atom. The second-order valence-electron chi connectivity index (χ2n) is 6.46. The van der Waals surface area contributed by atoms with E-state index in [-0.39, 0.29) is 30.9 Å². The predicted molar refractivity (Wildman–Crippen MR) is 101 cm³/mol. The van der Waals surface area contributed by atoms with Crippen LogP contribution >= 0.6 is 11.3 Å². The summed E-state index contributed by atoms with van der Waals surface area (Å²) < 4.78 is 5.26. The van der Waals surface area contributed by atoms with E-state index in [0.717, 1.165) is 35.9 Å². The standard InChI is InChI=1S/C20H20N2O3S/c23-19(22-9-3-7-17(22)18-8-4-10-26-18)13-25-20(24)11-14-12-21-16-6-2-1-5-15(14)16/h1-2,4-6,8,10,12,17,21H,3,7,9,11,13H2/t17-/m1/s1. The zero-order chi connectivity index (χ0) is 17.9. The van der Waals surface area contributed by atoms with Gasteiger partial charge in [0.2, 0.25) is 0 Å². The van der Waals surface area contributed by atoms with Crippen LogP contribution in [0.25, 0.3) is 10.9 Å². The molecule has 0 aliphatic carbocycles. The SMILES string of the molecule is O=C(Cc1c[nH]c2ccccc12)OCC(=O)N1CCC[C@@H]1c1cccs1. The maximum absolute atomic E-state index is 12.5. The van der Waals surface area contributed by atoms with Crippen LogP contribution in [0.3, 0.4) is 0 Å². The molecule has 0 spiro atoms. The molecule has 4 rings (SSSR count). The molecular weight excluding hydrogens is 348 g/mol. The van der Waals surface area contributed by atoms with Crippen LogP contribution in [0.5, 0.6) is 0 Å². The number of fused-ring (bicyclic) bond motifs is 1. The third kappa shape index (κ3) is 3.37. The zero-order valence-electron chi connectivity index (χ0n) is 14.3. The van der Waals surface area contributed by atoms with Crippen molar-refractivity contribution in [3.63, 3.8) is 0 Å².